The highest BCUT2D eigenvalue weighted by molar-refractivity contribution is 5.92. The first-order valence-electron chi connectivity index (χ1n) is 5.20. The average molecular weight is 232 g/mol. The highest BCUT2D eigenvalue weighted by Gasteiger charge is 2.05. The summed E-state index contributed by atoms with van der Waals surface area (Å²) in [7, 11) is 0. The smallest absolute Gasteiger partial charge is 0.267 e. The van der Waals surface area contributed by atoms with Crippen LogP contribution >= 0.6 is 0 Å². The van der Waals surface area contributed by atoms with Crippen LogP contribution in [0.2, 0.25) is 0 Å². The summed E-state index contributed by atoms with van der Waals surface area (Å²) in [6, 6.07) is 4.47. The Kier molecular flexibility index (Phi) is 3.34. The van der Waals surface area contributed by atoms with Gasteiger partial charge in [0.25, 0.3) is 5.91 Å². The summed E-state index contributed by atoms with van der Waals surface area (Å²) in [5, 5.41) is 2.71. The van der Waals surface area contributed by atoms with E-state index in [1.54, 1.807) is 24.7 Å². The Morgan fingerprint density at radius 2 is 2.29 bits per heavy atom. The quantitative estimate of drug-likeness (QED) is 0.696. The average Bonchev–Trinajstić information content (AvgIpc) is 2.82. The van der Waals surface area contributed by atoms with Crippen LogP contribution in [0.4, 0.5) is 0 Å². The molecule has 0 spiro atoms. The van der Waals surface area contributed by atoms with Crippen molar-refractivity contribution in [3.63, 3.8) is 0 Å². The Labute approximate surface area is 97.1 Å². The number of nitrogens with one attached hydrogen (secondary N) is 3. The third kappa shape index (κ3) is 3.04. The van der Waals surface area contributed by atoms with Gasteiger partial charge in [-0.05, 0) is 6.07 Å². The first-order valence-corrected chi connectivity index (χ1v) is 5.20. The Morgan fingerprint density at radius 3 is 3.00 bits per heavy atom. The molecule has 0 aromatic carbocycles. The van der Waals surface area contributed by atoms with E-state index in [1.807, 2.05) is 0 Å². The highest BCUT2D eigenvalue weighted by atomic mass is 16.2. The lowest BCUT2D eigenvalue weighted by Crippen LogP contribution is -2.28. The standard InChI is InChI=1S/C11H12N4O2/c16-10-3-1-2-9(15-10)11(17)13-5-4-8-6-12-7-14-8/h1-3,6-7H,4-5H2,(H,12,14)(H,13,17)(H,15,16). The number of carbonyl (C=O) groups is 1. The maximum absolute atomic E-state index is 11.6. The lowest BCUT2D eigenvalue weighted by atomic mass is 10.3. The summed E-state index contributed by atoms with van der Waals surface area (Å²) >= 11 is 0. The summed E-state index contributed by atoms with van der Waals surface area (Å²) in [5.41, 5.74) is 0.931. The number of carbonyl (C=O) groups excluding carboxylic acids is 1. The number of nitrogens with zero attached hydrogens (tertiary/aromatic N) is 1. The first-order chi connectivity index (χ1) is 8.25. The van der Waals surface area contributed by atoms with Crippen molar-refractivity contribution in [3.05, 3.63) is 52.5 Å². The van der Waals surface area contributed by atoms with Gasteiger partial charge in [0.1, 0.15) is 5.69 Å². The van der Waals surface area contributed by atoms with Crippen LogP contribution in [0.25, 0.3) is 0 Å². The zero-order valence-corrected chi connectivity index (χ0v) is 9.06. The van der Waals surface area contributed by atoms with Gasteiger partial charge in [-0.1, -0.05) is 6.07 Å². The predicted molar refractivity (Wildman–Crippen MR) is 61.7 cm³/mol. The molecule has 0 aliphatic rings. The fourth-order valence-electron chi connectivity index (χ4n) is 1.41. The molecule has 0 bridgehead atoms. The monoisotopic (exact) mass is 232 g/mol. The molecular formula is C11H12N4O2. The molecule has 0 saturated heterocycles. The molecule has 0 unspecified atom stereocenters. The van der Waals surface area contributed by atoms with Gasteiger partial charge in [-0.15, -0.1) is 0 Å². The number of rotatable bonds is 4. The number of amides is 1. The molecule has 88 valence electrons. The van der Waals surface area contributed by atoms with Crippen LogP contribution < -0.4 is 10.9 Å². The largest absolute Gasteiger partial charge is 0.350 e. The Balaban J connectivity index is 1.87. The van der Waals surface area contributed by atoms with Crippen molar-refractivity contribution in [1.82, 2.24) is 20.3 Å². The number of H-pyrrole nitrogens is 2. The summed E-state index contributed by atoms with van der Waals surface area (Å²) in [6.07, 6.45) is 3.96. The number of aromatic amines is 2. The van der Waals surface area contributed by atoms with Gasteiger partial charge in [0.15, 0.2) is 0 Å². The van der Waals surface area contributed by atoms with Crippen molar-refractivity contribution in [2.45, 2.75) is 6.42 Å². The van der Waals surface area contributed by atoms with Crippen molar-refractivity contribution < 1.29 is 4.79 Å². The van der Waals surface area contributed by atoms with E-state index in [0.29, 0.717) is 13.0 Å². The molecule has 2 heterocycles. The fraction of sp³-hybridized carbons (Fsp3) is 0.182. The second kappa shape index (κ2) is 5.11. The van der Waals surface area contributed by atoms with E-state index < -0.39 is 0 Å². The van der Waals surface area contributed by atoms with E-state index >= 15 is 0 Å². The van der Waals surface area contributed by atoms with E-state index in [1.165, 1.54) is 6.07 Å². The topological polar surface area (TPSA) is 90.6 Å². The van der Waals surface area contributed by atoms with E-state index in [4.69, 9.17) is 0 Å². The summed E-state index contributed by atoms with van der Waals surface area (Å²) < 4.78 is 0. The predicted octanol–water partition coefficient (Wildman–Crippen LogP) is 0.0705. The lowest BCUT2D eigenvalue weighted by Gasteiger charge is -2.03. The minimum absolute atomic E-state index is 0.266. The normalized spacial score (nSPS) is 10.1. The van der Waals surface area contributed by atoms with Gasteiger partial charge in [-0.2, -0.15) is 0 Å². The molecule has 0 radical (unpaired) electrons. The second-order valence-electron chi connectivity index (χ2n) is 3.51. The minimum atomic E-state index is -0.290. The maximum atomic E-state index is 11.6. The number of hydrogen-bond acceptors (Lipinski definition) is 3. The molecule has 1 amide bonds. The van der Waals surface area contributed by atoms with Crippen LogP contribution in [0.5, 0.6) is 0 Å². The number of pyridine rings is 1. The Morgan fingerprint density at radius 1 is 1.41 bits per heavy atom. The number of aromatic nitrogens is 3. The van der Waals surface area contributed by atoms with Gasteiger partial charge < -0.3 is 15.3 Å². The molecule has 0 fully saturated rings. The molecule has 2 rings (SSSR count). The molecular weight excluding hydrogens is 220 g/mol. The van der Waals surface area contributed by atoms with Crippen molar-refractivity contribution in [2.75, 3.05) is 6.54 Å². The molecule has 0 aliphatic carbocycles. The lowest BCUT2D eigenvalue weighted by molar-refractivity contribution is 0.0949. The summed E-state index contributed by atoms with van der Waals surface area (Å²) in [5.74, 6) is -0.290. The van der Waals surface area contributed by atoms with Gasteiger partial charge in [-0.25, -0.2) is 4.98 Å². The molecule has 2 aromatic rings. The van der Waals surface area contributed by atoms with Gasteiger partial charge in [0.05, 0.1) is 6.33 Å². The van der Waals surface area contributed by atoms with Crippen LogP contribution in [0.15, 0.2) is 35.5 Å². The molecule has 3 N–H and O–H groups in total. The second-order valence-corrected chi connectivity index (χ2v) is 3.51. The van der Waals surface area contributed by atoms with Crippen LogP contribution in [0, 0.1) is 0 Å². The van der Waals surface area contributed by atoms with Crippen molar-refractivity contribution in [3.8, 4) is 0 Å². The minimum Gasteiger partial charge on any atom is -0.350 e. The molecule has 6 heteroatoms. The van der Waals surface area contributed by atoms with Gasteiger partial charge in [-0.3, -0.25) is 9.59 Å². The van der Waals surface area contributed by atoms with Crippen LogP contribution in [-0.2, 0) is 6.42 Å². The zero-order valence-electron chi connectivity index (χ0n) is 9.06. The van der Waals surface area contributed by atoms with Crippen LogP contribution in [-0.4, -0.2) is 27.4 Å². The fourth-order valence-corrected chi connectivity index (χ4v) is 1.41. The molecule has 2 aromatic heterocycles. The zero-order chi connectivity index (χ0) is 12.1. The van der Waals surface area contributed by atoms with Crippen molar-refractivity contribution in [2.24, 2.45) is 0 Å². The molecule has 6 nitrogen and oxygen atoms in total. The maximum Gasteiger partial charge on any atom is 0.267 e. The molecule has 17 heavy (non-hydrogen) atoms. The third-order valence-electron chi connectivity index (χ3n) is 2.25. The molecule has 0 saturated carbocycles. The third-order valence-corrected chi connectivity index (χ3v) is 2.25. The summed E-state index contributed by atoms with van der Waals surface area (Å²) in [6.45, 7) is 0.484. The van der Waals surface area contributed by atoms with E-state index in [-0.39, 0.29) is 17.2 Å². The molecule has 0 atom stereocenters. The highest BCUT2D eigenvalue weighted by Crippen LogP contribution is 1.93. The van der Waals surface area contributed by atoms with E-state index in [2.05, 4.69) is 20.3 Å². The Hall–Kier alpha value is -2.37. The SMILES string of the molecule is O=C(NCCc1cnc[nH]1)c1cccc(=O)[nH]1. The Bertz CT molecular complexity index is 545. The van der Waals surface area contributed by atoms with E-state index in [9.17, 15) is 9.59 Å². The van der Waals surface area contributed by atoms with Crippen LogP contribution in [0.1, 0.15) is 16.2 Å². The first kappa shape index (κ1) is 11.1. The van der Waals surface area contributed by atoms with Gasteiger partial charge >= 0.3 is 0 Å². The molecule has 0 aliphatic heterocycles. The van der Waals surface area contributed by atoms with Gasteiger partial charge in [0, 0.05) is 30.9 Å². The van der Waals surface area contributed by atoms with Crippen molar-refractivity contribution >= 4 is 5.91 Å². The van der Waals surface area contributed by atoms with Crippen LogP contribution in [0.3, 0.4) is 0 Å². The van der Waals surface area contributed by atoms with Crippen molar-refractivity contribution in [1.29, 1.82) is 0 Å². The number of imidazole rings is 1. The number of hydrogen-bond donors (Lipinski definition) is 3. The van der Waals surface area contributed by atoms with Gasteiger partial charge in [0.2, 0.25) is 5.56 Å². The van der Waals surface area contributed by atoms with E-state index in [0.717, 1.165) is 5.69 Å². The summed E-state index contributed by atoms with van der Waals surface area (Å²) in [4.78, 5) is 31.9.